The Kier molecular flexibility index (Phi) is 5.33. The van der Waals surface area contributed by atoms with Gasteiger partial charge in [0.2, 0.25) is 11.9 Å². The van der Waals surface area contributed by atoms with Crippen molar-refractivity contribution in [3.05, 3.63) is 5.82 Å². The Morgan fingerprint density at radius 2 is 2.12 bits per heavy atom. The number of fused-ring (bicyclic) bond motifs is 1. The van der Waals surface area contributed by atoms with E-state index in [0.29, 0.717) is 18.8 Å². The molecule has 3 N–H and O–H groups in total. The van der Waals surface area contributed by atoms with Crippen LogP contribution in [-0.4, -0.2) is 68.9 Å². The number of carbonyl (C=O) groups is 2. The summed E-state index contributed by atoms with van der Waals surface area (Å²) in [5, 5.41) is 20.1. The van der Waals surface area contributed by atoms with E-state index in [1.807, 2.05) is 0 Å². The van der Waals surface area contributed by atoms with Crippen molar-refractivity contribution in [3.63, 3.8) is 0 Å². The van der Waals surface area contributed by atoms with Crippen LogP contribution in [0.15, 0.2) is 0 Å². The lowest BCUT2D eigenvalue weighted by atomic mass is 9.91. The Labute approximate surface area is 146 Å². The number of nitrogens with one attached hydrogen (secondary N) is 2. The normalized spacial score (nSPS) is 24.6. The number of rotatable bonds is 4. The van der Waals surface area contributed by atoms with Gasteiger partial charge in [-0.3, -0.25) is 19.8 Å². The number of carboxylic acids is 1. The van der Waals surface area contributed by atoms with Crippen LogP contribution in [0.3, 0.4) is 0 Å². The van der Waals surface area contributed by atoms with E-state index in [-0.39, 0.29) is 23.8 Å². The maximum absolute atomic E-state index is 11.8. The molecule has 0 bridgehead atoms. The number of carboxylic acid groups (broad SMARTS) is 1. The Bertz CT molecular complexity index is 636. The standard InChI is InChI=1S/C16H26N6O3/c1-10(2)14(23)19-16-18-13-8-11(15(24)25)12(9-22(13)20-16)21-6-3-4-17-5-7-21/h10-12,17H,3-9H2,1-2H3,(H,24,25)(H,19,20,23). The van der Waals surface area contributed by atoms with E-state index in [2.05, 4.69) is 25.6 Å². The van der Waals surface area contributed by atoms with Crippen LogP contribution in [0.5, 0.6) is 0 Å². The largest absolute Gasteiger partial charge is 0.481 e. The molecule has 3 heterocycles. The average molecular weight is 350 g/mol. The van der Waals surface area contributed by atoms with Crippen molar-refractivity contribution in [2.45, 2.75) is 39.3 Å². The number of carbonyl (C=O) groups excluding carboxylic acids is 1. The molecule has 0 saturated carbocycles. The van der Waals surface area contributed by atoms with Gasteiger partial charge in [-0.2, -0.15) is 4.98 Å². The quantitative estimate of drug-likeness (QED) is 0.689. The maximum atomic E-state index is 11.8. The van der Waals surface area contributed by atoms with Gasteiger partial charge in [0.1, 0.15) is 5.82 Å². The van der Waals surface area contributed by atoms with Crippen LogP contribution in [0, 0.1) is 11.8 Å². The summed E-state index contributed by atoms with van der Waals surface area (Å²) in [5.41, 5.74) is 0. The molecule has 0 spiro atoms. The van der Waals surface area contributed by atoms with E-state index < -0.39 is 11.9 Å². The Balaban J connectivity index is 1.80. The molecule has 1 fully saturated rings. The van der Waals surface area contributed by atoms with E-state index in [4.69, 9.17) is 0 Å². The highest BCUT2D eigenvalue weighted by molar-refractivity contribution is 5.90. The molecule has 1 amide bonds. The van der Waals surface area contributed by atoms with E-state index in [9.17, 15) is 14.7 Å². The predicted molar refractivity (Wildman–Crippen MR) is 91.2 cm³/mol. The van der Waals surface area contributed by atoms with E-state index in [1.54, 1.807) is 18.5 Å². The van der Waals surface area contributed by atoms with E-state index in [0.717, 1.165) is 32.6 Å². The molecular weight excluding hydrogens is 324 g/mol. The Hall–Kier alpha value is -2.00. The number of hydrogen-bond acceptors (Lipinski definition) is 6. The first-order chi connectivity index (χ1) is 12.0. The van der Waals surface area contributed by atoms with Gasteiger partial charge in [0.05, 0.1) is 12.5 Å². The van der Waals surface area contributed by atoms with Crippen LogP contribution < -0.4 is 10.6 Å². The summed E-state index contributed by atoms with van der Waals surface area (Å²) in [6.07, 6.45) is 1.33. The lowest BCUT2D eigenvalue weighted by Gasteiger charge is -2.37. The van der Waals surface area contributed by atoms with Crippen molar-refractivity contribution in [1.82, 2.24) is 25.0 Å². The minimum absolute atomic E-state index is 0.111. The van der Waals surface area contributed by atoms with Gasteiger partial charge in [0, 0.05) is 31.5 Å². The van der Waals surface area contributed by atoms with Crippen LogP contribution in [0.2, 0.25) is 0 Å². The first-order valence-corrected chi connectivity index (χ1v) is 8.88. The second kappa shape index (κ2) is 7.49. The fourth-order valence-corrected chi connectivity index (χ4v) is 3.44. The molecule has 2 aliphatic heterocycles. The number of aliphatic carboxylic acids is 1. The smallest absolute Gasteiger partial charge is 0.308 e. The van der Waals surface area contributed by atoms with Crippen molar-refractivity contribution >= 4 is 17.8 Å². The number of nitrogens with zero attached hydrogens (tertiary/aromatic N) is 4. The van der Waals surface area contributed by atoms with Gasteiger partial charge >= 0.3 is 5.97 Å². The van der Waals surface area contributed by atoms with Gasteiger partial charge in [0.15, 0.2) is 0 Å². The highest BCUT2D eigenvalue weighted by Gasteiger charge is 2.39. The predicted octanol–water partition coefficient (Wildman–Crippen LogP) is -0.207. The molecular formula is C16H26N6O3. The summed E-state index contributed by atoms with van der Waals surface area (Å²) in [6.45, 7) is 7.61. The summed E-state index contributed by atoms with van der Waals surface area (Å²) < 4.78 is 1.75. The maximum Gasteiger partial charge on any atom is 0.308 e. The van der Waals surface area contributed by atoms with Gasteiger partial charge in [-0.25, -0.2) is 4.68 Å². The fraction of sp³-hybridized carbons (Fsp3) is 0.750. The topological polar surface area (TPSA) is 112 Å². The lowest BCUT2D eigenvalue weighted by Crippen LogP contribution is -2.51. The molecule has 1 saturated heterocycles. The molecule has 2 aliphatic rings. The van der Waals surface area contributed by atoms with Gasteiger partial charge < -0.3 is 10.4 Å². The van der Waals surface area contributed by atoms with Crippen LogP contribution in [0.1, 0.15) is 26.1 Å². The first-order valence-electron chi connectivity index (χ1n) is 8.88. The van der Waals surface area contributed by atoms with Crippen molar-refractivity contribution in [2.24, 2.45) is 11.8 Å². The van der Waals surface area contributed by atoms with Crippen molar-refractivity contribution in [1.29, 1.82) is 0 Å². The zero-order valence-electron chi connectivity index (χ0n) is 14.7. The summed E-state index contributed by atoms with van der Waals surface area (Å²) in [4.78, 5) is 30.2. The van der Waals surface area contributed by atoms with Gasteiger partial charge in [-0.1, -0.05) is 13.8 Å². The van der Waals surface area contributed by atoms with Gasteiger partial charge in [0.25, 0.3) is 0 Å². The molecule has 0 aliphatic carbocycles. The van der Waals surface area contributed by atoms with Crippen LogP contribution in [0.25, 0.3) is 0 Å². The highest BCUT2D eigenvalue weighted by Crippen LogP contribution is 2.25. The summed E-state index contributed by atoms with van der Waals surface area (Å²) >= 11 is 0. The Morgan fingerprint density at radius 1 is 1.32 bits per heavy atom. The molecule has 9 heteroatoms. The van der Waals surface area contributed by atoms with E-state index in [1.165, 1.54) is 0 Å². The third kappa shape index (κ3) is 3.98. The second-order valence-corrected chi connectivity index (χ2v) is 7.03. The lowest BCUT2D eigenvalue weighted by molar-refractivity contribution is -0.145. The van der Waals surface area contributed by atoms with Crippen LogP contribution in [-0.2, 0) is 22.6 Å². The molecule has 1 aromatic rings. The number of amides is 1. The minimum atomic E-state index is -0.802. The number of anilines is 1. The van der Waals surface area contributed by atoms with Crippen molar-refractivity contribution in [2.75, 3.05) is 31.5 Å². The molecule has 0 radical (unpaired) electrons. The summed E-state index contributed by atoms with van der Waals surface area (Å²) in [6, 6.07) is -0.111. The first kappa shape index (κ1) is 17.8. The summed E-state index contributed by atoms with van der Waals surface area (Å²) in [7, 11) is 0. The summed E-state index contributed by atoms with van der Waals surface area (Å²) in [5.74, 6) is -0.739. The monoisotopic (exact) mass is 350 g/mol. The number of aromatic nitrogens is 3. The Morgan fingerprint density at radius 3 is 2.84 bits per heavy atom. The molecule has 9 nitrogen and oxygen atoms in total. The molecule has 25 heavy (non-hydrogen) atoms. The molecule has 0 aromatic carbocycles. The molecule has 2 atom stereocenters. The third-order valence-electron chi connectivity index (χ3n) is 4.90. The van der Waals surface area contributed by atoms with E-state index >= 15 is 0 Å². The number of hydrogen-bond donors (Lipinski definition) is 3. The molecule has 138 valence electrons. The van der Waals surface area contributed by atoms with Crippen LogP contribution >= 0.6 is 0 Å². The molecule has 1 aromatic heterocycles. The van der Waals surface area contributed by atoms with Crippen molar-refractivity contribution < 1.29 is 14.7 Å². The zero-order valence-corrected chi connectivity index (χ0v) is 14.7. The molecule has 2 unspecified atom stereocenters. The third-order valence-corrected chi connectivity index (χ3v) is 4.90. The zero-order chi connectivity index (χ0) is 18.0. The molecule has 3 rings (SSSR count). The fourth-order valence-electron chi connectivity index (χ4n) is 3.44. The highest BCUT2D eigenvalue weighted by atomic mass is 16.4. The second-order valence-electron chi connectivity index (χ2n) is 7.03. The average Bonchev–Trinajstić information content (AvgIpc) is 2.77. The van der Waals surface area contributed by atoms with Crippen molar-refractivity contribution in [3.8, 4) is 0 Å². The van der Waals surface area contributed by atoms with Gasteiger partial charge in [-0.05, 0) is 19.5 Å². The van der Waals surface area contributed by atoms with Gasteiger partial charge in [-0.15, -0.1) is 5.10 Å². The SMILES string of the molecule is CC(C)C(=O)Nc1nc2n(n1)CC(N1CCCNCC1)C(C(=O)O)C2. The minimum Gasteiger partial charge on any atom is -0.481 e. The van der Waals surface area contributed by atoms with Crippen LogP contribution in [0.4, 0.5) is 5.95 Å².